The second-order valence-corrected chi connectivity index (χ2v) is 3.70. The monoisotopic (exact) mass is 212 g/mol. The molecule has 0 saturated carbocycles. The van der Waals surface area contributed by atoms with Crippen LogP contribution in [0.5, 0.6) is 0 Å². The third-order valence-corrected chi connectivity index (χ3v) is 2.60. The van der Waals surface area contributed by atoms with Gasteiger partial charge in [-0.2, -0.15) is 0 Å². The molecule has 14 heavy (non-hydrogen) atoms. The highest BCUT2D eigenvalue weighted by Crippen LogP contribution is 2.14. The van der Waals surface area contributed by atoms with E-state index in [1.165, 1.54) is 13.3 Å². The maximum absolute atomic E-state index is 11.0. The van der Waals surface area contributed by atoms with Crippen LogP contribution < -0.4 is 0 Å². The van der Waals surface area contributed by atoms with Crippen LogP contribution in [0.3, 0.4) is 0 Å². The molecule has 0 amide bonds. The lowest BCUT2D eigenvalue weighted by Gasteiger charge is -1.99. The van der Waals surface area contributed by atoms with E-state index in [1.807, 2.05) is 0 Å². The summed E-state index contributed by atoms with van der Waals surface area (Å²) >= 11 is 1.62. The van der Waals surface area contributed by atoms with Gasteiger partial charge in [-0.05, 0) is 12.2 Å². The summed E-state index contributed by atoms with van der Waals surface area (Å²) in [4.78, 5) is 19.0. The molecule has 0 N–H and O–H groups in total. The molecule has 1 aromatic rings. The van der Waals surface area contributed by atoms with Crippen molar-refractivity contribution in [2.24, 2.45) is 0 Å². The highest BCUT2D eigenvalue weighted by molar-refractivity contribution is 7.99. The van der Waals surface area contributed by atoms with Crippen LogP contribution in [-0.4, -0.2) is 28.8 Å². The minimum Gasteiger partial charge on any atom is -0.464 e. The number of rotatable bonds is 4. The zero-order valence-corrected chi connectivity index (χ0v) is 9.00. The Hall–Kier alpha value is -1.10. The van der Waals surface area contributed by atoms with E-state index < -0.39 is 5.97 Å². The van der Waals surface area contributed by atoms with E-state index >= 15 is 0 Å². The van der Waals surface area contributed by atoms with E-state index in [0.717, 1.165) is 17.2 Å². The Morgan fingerprint density at radius 1 is 1.50 bits per heavy atom. The molecule has 1 rings (SSSR count). The van der Waals surface area contributed by atoms with E-state index in [-0.39, 0.29) is 5.69 Å². The molecule has 0 radical (unpaired) electrons. The van der Waals surface area contributed by atoms with E-state index in [2.05, 4.69) is 21.6 Å². The zero-order chi connectivity index (χ0) is 10.4. The van der Waals surface area contributed by atoms with Gasteiger partial charge in [0.25, 0.3) is 0 Å². The van der Waals surface area contributed by atoms with E-state index in [9.17, 15) is 4.79 Å². The molecule has 5 heteroatoms. The molecule has 76 valence electrons. The van der Waals surface area contributed by atoms with Crippen molar-refractivity contribution in [3.05, 3.63) is 18.1 Å². The van der Waals surface area contributed by atoms with Crippen molar-refractivity contribution in [3.8, 4) is 0 Å². The Kier molecular flexibility index (Phi) is 4.39. The first-order chi connectivity index (χ1) is 6.77. The molecule has 0 spiro atoms. The number of hydrogen-bond donors (Lipinski definition) is 0. The van der Waals surface area contributed by atoms with Crippen LogP contribution in [0.1, 0.15) is 23.8 Å². The Labute approximate surface area is 87.1 Å². The van der Waals surface area contributed by atoms with Gasteiger partial charge in [-0.1, -0.05) is 6.92 Å². The Balaban J connectivity index is 2.63. The zero-order valence-electron chi connectivity index (χ0n) is 8.19. The number of thioether (sulfide) groups is 1. The van der Waals surface area contributed by atoms with E-state index in [4.69, 9.17) is 0 Å². The largest absolute Gasteiger partial charge is 0.464 e. The minimum atomic E-state index is -0.454. The molecular weight excluding hydrogens is 200 g/mol. The maximum Gasteiger partial charge on any atom is 0.358 e. The van der Waals surface area contributed by atoms with Gasteiger partial charge in [0.2, 0.25) is 0 Å². The second-order valence-electron chi connectivity index (χ2n) is 2.58. The first-order valence-electron chi connectivity index (χ1n) is 4.31. The van der Waals surface area contributed by atoms with E-state index in [1.54, 1.807) is 18.0 Å². The Morgan fingerprint density at radius 3 is 2.79 bits per heavy atom. The fourth-order valence-electron chi connectivity index (χ4n) is 0.807. The van der Waals surface area contributed by atoms with Crippen molar-refractivity contribution in [2.45, 2.75) is 18.4 Å². The summed E-state index contributed by atoms with van der Waals surface area (Å²) in [6.45, 7) is 2.10. The molecule has 0 atom stereocenters. The number of methoxy groups -OCH3 is 1. The molecule has 1 aromatic heterocycles. The molecule has 0 aliphatic carbocycles. The van der Waals surface area contributed by atoms with Gasteiger partial charge in [0.15, 0.2) is 5.69 Å². The number of carbonyl (C=O) groups is 1. The number of ether oxygens (including phenoxy) is 1. The molecule has 0 unspecified atom stereocenters. The lowest BCUT2D eigenvalue weighted by Crippen LogP contribution is -2.04. The number of aromatic nitrogens is 2. The lowest BCUT2D eigenvalue weighted by molar-refractivity contribution is 0.0593. The van der Waals surface area contributed by atoms with Crippen LogP contribution in [-0.2, 0) is 4.74 Å². The standard InChI is InChI=1S/C9H12N2O2S/c1-3-4-14-8-6-10-7(5-11-8)9(12)13-2/h5-6H,3-4H2,1-2H3. The summed E-state index contributed by atoms with van der Waals surface area (Å²) in [6.07, 6.45) is 4.11. The molecule has 0 aliphatic rings. The third kappa shape index (κ3) is 2.99. The first-order valence-corrected chi connectivity index (χ1v) is 5.29. The highest BCUT2D eigenvalue weighted by Gasteiger charge is 2.06. The maximum atomic E-state index is 11.0. The summed E-state index contributed by atoms with van der Waals surface area (Å²) in [6, 6.07) is 0. The molecule has 0 bridgehead atoms. The van der Waals surface area contributed by atoms with Gasteiger partial charge in [0, 0.05) is 0 Å². The predicted molar refractivity (Wildman–Crippen MR) is 54.4 cm³/mol. The molecule has 0 aliphatic heterocycles. The van der Waals surface area contributed by atoms with Crippen molar-refractivity contribution in [2.75, 3.05) is 12.9 Å². The van der Waals surface area contributed by atoms with Crippen LogP contribution in [0.2, 0.25) is 0 Å². The van der Waals surface area contributed by atoms with Gasteiger partial charge in [-0.25, -0.2) is 14.8 Å². The first kappa shape index (κ1) is 11.0. The molecule has 0 aromatic carbocycles. The summed E-state index contributed by atoms with van der Waals surface area (Å²) in [7, 11) is 1.32. The summed E-state index contributed by atoms with van der Waals surface area (Å²) < 4.78 is 4.51. The minimum absolute atomic E-state index is 0.244. The molecule has 1 heterocycles. The average Bonchev–Trinajstić information content (AvgIpc) is 2.26. The van der Waals surface area contributed by atoms with E-state index in [0.29, 0.717) is 0 Å². The van der Waals surface area contributed by atoms with Crippen LogP contribution in [0.4, 0.5) is 0 Å². The SMILES string of the molecule is CCCSc1cnc(C(=O)OC)cn1. The van der Waals surface area contributed by atoms with Gasteiger partial charge in [-0.3, -0.25) is 0 Å². The molecule has 0 saturated heterocycles. The van der Waals surface area contributed by atoms with Crippen molar-refractivity contribution in [1.29, 1.82) is 0 Å². The van der Waals surface area contributed by atoms with Gasteiger partial charge in [0.1, 0.15) is 5.03 Å². The van der Waals surface area contributed by atoms with Crippen molar-refractivity contribution >= 4 is 17.7 Å². The highest BCUT2D eigenvalue weighted by atomic mass is 32.2. The Morgan fingerprint density at radius 2 is 2.29 bits per heavy atom. The van der Waals surface area contributed by atoms with Gasteiger partial charge in [0.05, 0.1) is 19.5 Å². The summed E-state index contributed by atoms with van der Waals surface area (Å²) in [5, 5.41) is 0.833. The molecular formula is C9H12N2O2S. The van der Waals surface area contributed by atoms with Crippen molar-refractivity contribution in [1.82, 2.24) is 9.97 Å². The fraction of sp³-hybridized carbons (Fsp3) is 0.444. The summed E-state index contributed by atoms with van der Waals surface area (Å²) in [5.41, 5.74) is 0.244. The number of carbonyl (C=O) groups excluding carboxylic acids is 1. The van der Waals surface area contributed by atoms with Crippen LogP contribution >= 0.6 is 11.8 Å². The lowest BCUT2D eigenvalue weighted by atomic mass is 10.5. The van der Waals surface area contributed by atoms with Gasteiger partial charge < -0.3 is 4.74 Å². The van der Waals surface area contributed by atoms with Crippen LogP contribution in [0, 0.1) is 0 Å². The number of hydrogen-bond acceptors (Lipinski definition) is 5. The van der Waals surface area contributed by atoms with Crippen molar-refractivity contribution in [3.63, 3.8) is 0 Å². The van der Waals surface area contributed by atoms with Crippen molar-refractivity contribution < 1.29 is 9.53 Å². The predicted octanol–water partition coefficient (Wildman–Crippen LogP) is 1.77. The van der Waals surface area contributed by atoms with Crippen LogP contribution in [0.15, 0.2) is 17.4 Å². The topological polar surface area (TPSA) is 52.1 Å². The second kappa shape index (κ2) is 5.59. The normalized spacial score (nSPS) is 9.86. The summed E-state index contributed by atoms with van der Waals surface area (Å²) in [5.74, 6) is 0.552. The fourth-order valence-corrected chi connectivity index (χ4v) is 1.48. The smallest absolute Gasteiger partial charge is 0.358 e. The third-order valence-electron chi connectivity index (χ3n) is 1.48. The van der Waals surface area contributed by atoms with Gasteiger partial charge >= 0.3 is 5.97 Å². The van der Waals surface area contributed by atoms with Gasteiger partial charge in [-0.15, -0.1) is 11.8 Å². The van der Waals surface area contributed by atoms with Crippen LogP contribution in [0.25, 0.3) is 0 Å². The Bertz CT molecular complexity index is 300. The average molecular weight is 212 g/mol. The molecule has 4 nitrogen and oxygen atoms in total. The molecule has 0 fully saturated rings. The number of esters is 1. The number of nitrogens with zero attached hydrogens (tertiary/aromatic N) is 2. The quantitative estimate of drug-likeness (QED) is 0.562.